The fraction of sp³-hybridized carbons (Fsp3) is 0. The van der Waals surface area contributed by atoms with Crippen molar-refractivity contribution < 1.29 is 8.91 Å². The second-order valence-corrected chi connectivity index (χ2v) is 2.27. The van der Waals surface area contributed by atoms with Crippen LogP contribution in [0.2, 0.25) is 0 Å². The Morgan fingerprint density at radius 3 is 2.92 bits per heavy atom. The van der Waals surface area contributed by atoms with Crippen LogP contribution in [-0.2, 0) is 0 Å². The first kappa shape index (κ1) is 6.97. The Balaban J connectivity index is 2.48. The molecule has 0 amide bonds. The molecule has 0 saturated carbocycles. The fourth-order valence-corrected chi connectivity index (χ4v) is 0.925. The number of aromatic nitrogens is 2. The van der Waals surface area contributed by atoms with E-state index in [-0.39, 0.29) is 5.82 Å². The summed E-state index contributed by atoms with van der Waals surface area (Å²) >= 11 is 0. The predicted octanol–water partition coefficient (Wildman–Crippen LogP) is 1.88. The van der Waals surface area contributed by atoms with Gasteiger partial charge in [-0.15, -0.1) is 0 Å². The largest absolute Gasteiger partial charge is 0.342 e. The van der Waals surface area contributed by atoms with Crippen molar-refractivity contribution in [1.82, 2.24) is 10.1 Å². The van der Waals surface area contributed by atoms with Gasteiger partial charge in [0.1, 0.15) is 5.82 Å². The molecule has 0 atom stereocenters. The lowest BCUT2D eigenvalue weighted by Gasteiger charge is -1.92. The van der Waals surface area contributed by atoms with E-state index in [2.05, 4.69) is 14.7 Å². The van der Waals surface area contributed by atoms with Crippen LogP contribution >= 0.6 is 0 Å². The number of benzene rings is 1. The van der Waals surface area contributed by atoms with Crippen LogP contribution < -0.4 is 0 Å². The summed E-state index contributed by atoms with van der Waals surface area (Å²) in [6.45, 7) is 0. The van der Waals surface area contributed by atoms with Crippen molar-refractivity contribution in [3.8, 4) is 11.4 Å². The molecular formula is C8H5FN2O. The van der Waals surface area contributed by atoms with Crippen molar-refractivity contribution >= 4 is 0 Å². The van der Waals surface area contributed by atoms with Crippen LogP contribution in [0.1, 0.15) is 0 Å². The highest BCUT2D eigenvalue weighted by Crippen LogP contribution is 2.14. The van der Waals surface area contributed by atoms with E-state index in [0.29, 0.717) is 11.4 Å². The Labute approximate surface area is 67.8 Å². The topological polar surface area (TPSA) is 38.9 Å². The fourth-order valence-electron chi connectivity index (χ4n) is 0.925. The Bertz CT molecular complexity index is 372. The Kier molecular flexibility index (Phi) is 1.59. The van der Waals surface area contributed by atoms with Crippen molar-refractivity contribution in [1.29, 1.82) is 0 Å². The van der Waals surface area contributed by atoms with Gasteiger partial charge in [-0.05, 0) is 12.1 Å². The molecule has 0 spiro atoms. The van der Waals surface area contributed by atoms with Crippen LogP contribution in [0.4, 0.5) is 4.39 Å². The molecule has 3 nitrogen and oxygen atoms in total. The van der Waals surface area contributed by atoms with Gasteiger partial charge in [0.25, 0.3) is 0 Å². The normalized spacial score (nSPS) is 10.1. The van der Waals surface area contributed by atoms with Crippen molar-refractivity contribution in [2.45, 2.75) is 0 Å². The third kappa shape index (κ3) is 1.18. The van der Waals surface area contributed by atoms with Crippen LogP contribution in [-0.4, -0.2) is 10.1 Å². The van der Waals surface area contributed by atoms with Crippen molar-refractivity contribution in [3.63, 3.8) is 0 Å². The minimum absolute atomic E-state index is 0.308. The van der Waals surface area contributed by atoms with Crippen molar-refractivity contribution in [3.05, 3.63) is 36.5 Å². The van der Waals surface area contributed by atoms with E-state index in [0.717, 1.165) is 0 Å². The minimum Gasteiger partial charge on any atom is -0.342 e. The van der Waals surface area contributed by atoms with Crippen LogP contribution in [0.3, 0.4) is 0 Å². The SMILES string of the molecule is Fc1cccc(-c2ncon2)c1. The van der Waals surface area contributed by atoms with E-state index in [4.69, 9.17) is 0 Å². The summed E-state index contributed by atoms with van der Waals surface area (Å²) in [5.74, 6) is 0.0896. The molecule has 0 aliphatic heterocycles. The summed E-state index contributed by atoms with van der Waals surface area (Å²) in [4.78, 5) is 3.78. The summed E-state index contributed by atoms with van der Waals surface area (Å²) in [7, 11) is 0. The van der Waals surface area contributed by atoms with Gasteiger partial charge in [0.05, 0.1) is 0 Å². The lowest BCUT2D eigenvalue weighted by Crippen LogP contribution is -1.80. The second kappa shape index (κ2) is 2.73. The van der Waals surface area contributed by atoms with Gasteiger partial charge >= 0.3 is 0 Å². The van der Waals surface area contributed by atoms with E-state index in [1.165, 1.54) is 18.5 Å². The molecule has 1 aromatic heterocycles. The zero-order chi connectivity index (χ0) is 8.39. The number of rotatable bonds is 1. The monoisotopic (exact) mass is 164 g/mol. The van der Waals surface area contributed by atoms with Gasteiger partial charge in [-0.25, -0.2) is 4.39 Å². The molecular weight excluding hydrogens is 159 g/mol. The molecule has 0 radical (unpaired) electrons. The molecule has 0 fully saturated rings. The maximum absolute atomic E-state index is 12.7. The van der Waals surface area contributed by atoms with Gasteiger partial charge in [0, 0.05) is 5.56 Å². The average molecular weight is 164 g/mol. The molecule has 60 valence electrons. The highest BCUT2D eigenvalue weighted by Gasteiger charge is 2.02. The smallest absolute Gasteiger partial charge is 0.214 e. The highest BCUT2D eigenvalue weighted by atomic mass is 19.1. The van der Waals surface area contributed by atoms with Gasteiger partial charge in [0.15, 0.2) is 0 Å². The minimum atomic E-state index is -0.308. The summed E-state index contributed by atoms with van der Waals surface area (Å²) in [5.41, 5.74) is 0.615. The molecule has 0 unspecified atom stereocenters. The quantitative estimate of drug-likeness (QED) is 0.645. The number of hydrogen-bond acceptors (Lipinski definition) is 3. The predicted molar refractivity (Wildman–Crippen MR) is 39.7 cm³/mol. The Morgan fingerprint density at radius 1 is 1.33 bits per heavy atom. The Morgan fingerprint density at radius 2 is 2.25 bits per heavy atom. The van der Waals surface area contributed by atoms with Crippen LogP contribution in [0.15, 0.2) is 35.2 Å². The van der Waals surface area contributed by atoms with E-state index in [1.807, 2.05) is 0 Å². The zero-order valence-electron chi connectivity index (χ0n) is 6.07. The first-order valence-electron chi connectivity index (χ1n) is 3.38. The standard InChI is InChI=1S/C8H5FN2O/c9-7-3-1-2-6(4-7)8-10-5-12-11-8/h1-5H. The molecule has 2 aromatic rings. The molecule has 0 N–H and O–H groups in total. The summed E-state index contributed by atoms with van der Waals surface area (Å²) in [6.07, 6.45) is 1.21. The molecule has 0 aliphatic carbocycles. The van der Waals surface area contributed by atoms with E-state index in [9.17, 15) is 4.39 Å². The van der Waals surface area contributed by atoms with Gasteiger partial charge < -0.3 is 4.52 Å². The van der Waals surface area contributed by atoms with Crippen LogP contribution in [0, 0.1) is 5.82 Å². The van der Waals surface area contributed by atoms with Crippen LogP contribution in [0.5, 0.6) is 0 Å². The van der Waals surface area contributed by atoms with Crippen molar-refractivity contribution in [2.75, 3.05) is 0 Å². The average Bonchev–Trinajstić information content (AvgIpc) is 2.56. The number of hydrogen-bond donors (Lipinski definition) is 0. The Hall–Kier alpha value is -1.71. The van der Waals surface area contributed by atoms with Gasteiger partial charge in [0.2, 0.25) is 12.2 Å². The van der Waals surface area contributed by atoms with Gasteiger partial charge in [-0.3, -0.25) is 0 Å². The molecule has 0 aliphatic rings. The first-order chi connectivity index (χ1) is 5.86. The molecule has 2 rings (SSSR count). The van der Waals surface area contributed by atoms with Gasteiger partial charge in [-0.1, -0.05) is 17.3 Å². The summed E-state index contributed by atoms with van der Waals surface area (Å²) < 4.78 is 17.2. The summed E-state index contributed by atoms with van der Waals surface area (Å²) in [6, 6.07) is 6.03. The third-order valence-corrected chi connectivity index (χ3v) is 1.44. The molecule has 12 heavy (non-hydrogen) atoms. The maximum atomic E-state index is 12.7. The molecule has 1 heterocycles. The lowest BCUT2D eigenvalue weighted by molar-refractivity contribution is 0.418. The molecule has 4 heteroatoms. The first-order valence-corrected chi connectivity index (χ1v) is 3.38. The van der Waals surface area contributed by atoms with Crippen molar-refractivity contribution in [2.24, 2.45) is 0 Å². The molecule has 1 aromatic carbocycles. The number of nitrogens with zero attached hydrogens (tertiary/aromatic N) is 2. The van der Waals surface area contributed by atoms with Gasteiger partial charge in [-0.2, -0.15) is 4.98 Å². The lowest BCUT2D eigenvalue weighted by atomic mass is 10.2. The maximum Gasteiger partial charge on any atom is 0.214 e. The molecule has 0 bridgehead atoms. The van der Waals surface area contributed by atoms with Crippen LogP contribution in [0.25, 0.3) is 11.4 Å². The number of halogens is 1. The second-order valence-electron chi connectivity index (χ2n) is 2.27. The summed E-state index contributed by atoms with van der Waals surface area (Å²) in [5, 5.41) is 3.57. The van der Waals surface area contributed by atoms with E-state index >= 15 is 0 Å². The molecule has 0 saturated heterocycles. The van der Waals surface area contributed by atoms with E-state index < -0.39 is 0 Å². The third-order valence-electron chi connectivity index (χ3n) is 1.44. The highest BCUT2D eigenvalue weighted by molar-refractivity contribution is 5.53. The zero-order valence-corrected chi connectivity index (χ0v) is 6.07. The van der Waals surface area contributed by atoms with E-state index in [1.54, 1.807) is 12.1 Å².